The van der Waals surface area contributed by atoms with Crippen LogP contribution < -0.4 is 5.32 Å². The fraction of sp³-hybridized carbons (Fsp3) is 0.294. The number of nitrogens with one attached hydrogen (secondary N) is 1. The molecule has 1 heterocycles. The first-order chi connectivity index (χ1) is 12.4. The van der Waals surface area contributed by atoms with Crippen LogP contribution in [0.5, 0.6) is 0 Å². The highest BCUT2D eigenvalue weighted by Crippen LogP contribution is 2.27. The minimum Gasteiger partial charge on any atom is -0.455 e. The maximum absolute atomic E-state index is 11.9. The van der Waals surface area contributed by atoms with Crippen molar-refractivity contribution in [1.82, 2.24) is 0 Å². The Morgan fingerprint density at radius 1 is 1.31 bits per heavy atom. The van der Waals surface area contributed by atoms with E-state index in [1.165, 1.54) is 23.9 Å². The van der Waals surface area contributed by atoms with Crippen LogP contribution in [-0.4, -0.2) is 29.2 Å². The molecule has 1 aromatic carbocycles. The van der Waals surface area contributed by atoms with Gasteiger partial charge in [0.25, 0.3) is 11.6 Å². The molecule has 0 unspecified atom stereocenters. The molecule has 0 atom stereocenters. The fourth-order valence-electron chi connectivity index (χ4n) is 2.06. The van der Waals surface area contributed by atoms with Crippen LogP contribution >= 0.6 is 23.1 Å². The molecule has 0 aliphatic carbocycles. The van der Waals surface area contributed by atoms with Gasteiger partial charge in [0, 0.05) is 16.7 Å². The van der Waals surface area contributed by atoms with Crippen molar-refractivity contribution in [2.45, 2.75) is 19.6 Å². The zero-order valence-corrected chi connectivity index (χ0v) is 15.9. The van der Waals surface area contributed by atoms with Gasteiger partial charge in [-0.15, -0.1) is 23.1 Å². The highest BCUT2D eigenvalue weighted by molar-refractivity contribution is 7.99. The summed E-state index contributed by atoms with van der Waals surface area (Å²) < 4.78 is 4.91. The van der Waals surface area contributed by atoms with E-state index in [2.05, 4.69) is 5.32 Å². The van der Waals surface area contributed by atoms with Crippen LogP contribution in [0.25, 0.3) is 0 Å². The summed E-state index contributed by atoms with van der Waals surface area (Å²) in [7, 11) is 0. The maximum Gasteiger partial charge on any atom is 0.316 e. The van der Waals surface area contributed by atoms with Crippen molar-refractivity contribution in [2.75, 3.05) is 17.7 Å². The van der Waals surface area contributed by atoms with Gasteiger partial charge in [-0.25, -0.2) is 0 Å². The quantitative estimate of drug-likeness (QED) is 0.416. The van der Waals surface area contributed by atoms with Crippen molar-refractivity contribution >= 4 is 46.3 Å². The standard InChI is InChI=1S/C17H18N2O5S2/c1-11-6-14(15(19(22)23)7-12(11)2)18-16(20)8-24-17(21)10-25-9-13-4-3-5-26-13/h3-7H,8-10H2,1-2H3,(H,18,20). The minimum absolute atomic E-state index is 0.0891. The number of thiophene rings is 1. The van der Waals surface area contributed by atoms with E-state index in [1.54, 1.807) is 25.2 Å². The minimum atomic E-state index is -0.618. The van der Waals surface area contributed by atoms with Gasteiger partial charge in [0.2, 0.25) is 0 Å². The lowest BCUT2D eigenvalue weighted by atomic mass is 10.1. The van der Waals surface area contributed by atoms with Gasteiger partial charge < -0.3 is 10.1 Å². The van der Waals surface area contributed by atoms with E-state index in [9.17, 15) is 19.7 Å². The zero-order valence-electron chi connectivity index (χ0n) is 14.3. The number of thioether (sulfide) groups is 1. The topological polar surface area (TPSA) is 98.5 Å². The molecule has 1 N–H and O–H groups in total. The van der Waals surface area contributed by atoms with Crippen molar-refractivity contribution in [3.05, 3.63) is 55.8 Å². The average Bonchev–Trinajstić information content (AvgIpc) is 3.09. The number of rotatable bonds is 8. The van der Waals surface area contributed by atoms with Crippen molar-refractivity contribution in [1.29, 1.82) is 0 Å². The first-order valence-corrected chi connectivity index (χ1v) is 9.71. The van der Waals surface area contributed by atoms with Crippen molar-refractivity contribution < 1.29 is 19.2 Å². The van der Waals surface area contributed by atoms with Gasteiger partial charge in [-0.1, -0.05) is 6.07 Å². The number of nitro groups is 1. The number of nitro benzene ring substituents is 1. The van der Waals surface area contributed by atoms with Crippen LogP contribution in [0, 0.1) is 24.0 Å². The first kappa shape index (κ1) is 19.9. The van der Waals surface area contributed by atoms with E-state index in [1.807, 2.05) is 17.5 Å². The number of carbonyl (C=O) groups excluding carboxylic acids is 2. The number of benzene rings is 1. The van der Waals surface area contributed by atoms with Gasteiger partial charge >= 0.3 is 5.97 Å². The fourth-order valence-corrected chi connectivity index (χ4v) is 3.72. The van der Waals surface area contributed by atoms with Gasteiger partial charge in [0.1, 0.15) is 5.69 Å². The van der Waals surface area contributed by atoms with Crippen LogP contribution in [0.2, 0.25) is 0 Å². The molecule has 0 aliphatic heterocycles. The van der Waals surface area contributed by atoms with Crippen LogP contribution in [-0.2, 0) is 20.1 Å². The second-order valence-electron chi connectivity index (χ2n) is 5.49. The van der Waals surface area contributed by atoms with Gasteiger partial charge in [-0.2, -0.15) is 0 Å². The summed E-state index contributed by atoms with van der Waals surface area (Å²) in [6, 6.07) is 6.85. The Bertz CT molecular complexity index is 806. The van der Waals surface area contributed by atoms with Crippen LogP contribution in [0.4, 0.5) is 11.4 Å². The Morgan fingerprint density at radius 3 is 2.69 bits per heavy atom. The van der Waals surface area contributed by atoms with Crippen molar-refractivity contribution in [3.8, 4) is 0 Å². The second kappa shape index (κ2) is 9.35. The number of ether oxygens (including phenoxy) is 1. The molecule has 0 fully saturated rings. The molecule has 7 nitrogen and oxygen atoms in total. The van der Waals surface area contributed by atoms with E-state index in [0.29, 0.717) is 5.75 Å². The number of nitrogens with zero attached hydrogens (tertiary/aromatic N) is 1. The second-order valence-corrected chi connectivity index (χ2v) is 7.51. The summed E-state index contributed by atoms with van der Waals surface area (Å²) in [5, 5.41) is 15.5. The van der Waals surface area contributed by atoms with E-state index >= 15 is 0 Å². The number of esters is 1. The maximum atomic E-state index is 11.9. The molecule has 138 valence electrons. The summed E-state index contributed by atoms with van der Waals surface area (Å²) in [6.07, 6.45) is 0. The molecule has 0 saturated carbocycles. The molecule has 26 heavy (non-hydrogen) atoms. The van der Waals surface area contributed by atoms with Gasteiger partial charge in [0.15, 0.2) is 6.61 Å². The van der Waals surface area contributed by atoms with Gasteiger partial charge in [-0.3, -0.25) is 19.7 Å². The molecule has 0 bridgehead atoms. The molecule has 1 aromatic heterocycles. The predicted molar refractivity (Wildman–Crippen MR) is 103 cm³/mol. The Hall–Kier alpha value is -2.39. The molecule has 0 saturated heterocycles. The molecule has 0 aliphatic rings. The Labute approximate surface area is 158 Å². The third-order valence-corrected chi connectivity index (χ3v) is 5.51. The summed E-state index contributed by atoms with van der Waals surface area (Å²) in [4.78, 5) is 35.3. The van der Waals surface area contributed by atoms with Crippen LogP contribution in [0.3, 0.4) is 0 Å². The van der Waals surface area contributed by atoms with Crippen molar-refractivity contribution in [2.24, 2.45) is 0 Å². The SMILES string of the molecule is Cc1cc(NC(=O)COC(=O)CSCc2cccs2)c([N+](=O)[O-])cc1C. The third kappa shape index (κ3) is 5.85. The predicted octanol–water partition coefficient (Wildman–Crippen LogP) is 3.69. The first-order valence-electron chi connectivity index (χ1n) is 7.68. The molecule has 2 aromatic rings. The molecule has 0 spiro atoms. The summed E-state index contributed by atoms with van der Waals surface area (Å²) in [5.41, 5.74) is 1.46. The van der Waals surface area contributed by atoms with Crippen molar-refractivity contribution in [3.63, 3.8) is 0 Å². The number of hydrogen-bond acceptors (Lipinski definition) is 7. The summed E-state index contributed by atoms with van der Waals surface area (Å²) >= 11 is 3.01. The number of anilines is 1. The normalized spacial score (nSPS) is 10.4. The average molecular weight is 394 g/mol. The number of hydrogen-bond donors (Lipinski definition) is 1. The van der Waals surface area contributed by atoms with E-state index < -0.39 is 23.4 Å². The van der Waals surface area contributed by atoms with Gasteiger partial charge in [0.05, 0.1) is 10.7 Å². The molecular formula is C17H18N2O5S2. The van der Waals surface area contributed by atoms with Gasteiger partial charge in [-0.05, 0) is 42.5 Å². The summed E-state index contributed by atoms with van der Waals surface area (Å²) in [6.45, 7) is 3.06. The largest absolute Gasteiger partial charge is 0.455 e. The highest BCUT2D eigenvalue weighted by atomic mass is 32.2. The monoisotopic (exact) mass is 394 g/mol. The number of amides is 1. The Balaban J connectivity index is 1.82. The molecule has 1 amide bonds. The van der Waals surface area contributed by atoms with Crippen LogP contribution in [0.15, 0.2) is 29.6 Å². The lowest BCUT2D eigenvalue weighted by molar-refractivity contribution is -0.384. The molecule has 9 heteroatoms. The lowest BCUT2D eigenvalue weighted by Gasteiger charge is -2.09. The van der Waals surface area contributed by atoms with E-state index in [4.69, 9.17) is 4.74 Å². The Morgan fingerprint density at radius 2 is 2.04 bits per heavy atom. The lowest BCUT2D eigenvalue weighted by Crippen LogP contribution is -2.22. The highest BCUT2D eigenvalue weighted by Gasteiger charge is 2.18. The third-order valence-electron chi connectivity index (χ3n) is 3.49. The number of carbonyl (C=O) groups is 2. The molecule has 2 rings (SSSR count). The smallest absolute Gasteiger partial charge is 0.316 e. The van der Waals surface area contributed by atoms with Crippen LogP contribution in [0.1, 0.15) is 16.0 Å². The Kier molecular flexibility index (Phi) is 7.16. The molecule has 0 radical (unpaired) electrons. The van der Waals surface area contributed by atoms with E-state index in [-0.39, 0.29) is 17.1 Å². The summed E-state index contributed by atoms with van der Waals surface area (Å²) in [5.74, 6) is -0.285. The van der Waals surface area contributed by atoms with E-state index in [0.717, 1.165) is 16.0 Å². The zero-order chi connectivity index (χ0) is 19.1. The molecular weight excluding hydrogens is 376 g/mol. The number of aryl methyl sites for hydroxylation is 2.